The highest BCUT2D eigenvalue weighted by Crippen LogP contribution is 2.36. The summed E-state index contributed by atoms with van der Waals surface area (Å²) in [5.41, 5.74) is 6.25. The number of hydrogen-bond donors (Lipinski definition) is 1. The van der Waals surface area contributed by atoms with Gasteiger partial charge in [-0.3, -0.25) is 0 Å². The minimum Gasteiger partial charge on any atom is -0.392 e. The number of hydrogen-bond acceptors (Lipinski definition) is 1. The molecule has 1 heteroatoms. The molecule has 1 N–H and O–H groups in total. The summed E-state index contributed by atoms with van der Waals surface area (Å²) in [5.74, 6) is 1.66. The van der Waals surface area contributed by atoms with Gasteiger partial charge in [0.2, 0.25) is 0 Å². The molecule has 0 amide bonds. The van der Waals surface area contributed by atoms with Crippen molar-refractivity contribution < 1.29 is 5.11 Å². The Morgan fingerprint density at radius 3 is 2.23 bits per heavy atom. The molecule has 0 heterocycles. The molecular weight excluding hydrogens is 268 g/mol. The summed E-state index contributed by atoms with van der Waals surface area (Å²) in [4.78, 5) is 0. The van der Waals surface area contributed by atoms with Gasteiger partial charge in [0.05, 0.1) is 6.61 Å². The van der Waals surface area contributed by atoms with Crippen LogP contribution in [0.5, 0.6) is 0 Å². The molecule has 22 heavy (non-hydrogen) atoms. The molecular formula is C21H26O. The van der Waals surface area contributed by atoms with Gasteiger partial charge in [0, 0.05) is 0 Å². The Hall–Kier alpha value is -1.60. The van der Waals surface area contributed by atoms with Crippen LogP contribution >= 0.6 is 0 Å². The molecule has 116 valence electrons. The number of benzene rings is 2. The molecule has 1 aliphatic rings. The highest BCUT2D eigenvalue weighted by Gasteiger charge is 2.19. The van der Waals surface area contributed by atoms with E-state index in [1.807, 2.05) is 6.07 Å². The lowest BCUT2D eigenvalue weighted by molar-refractivity contribution is 0.282. The van der Waals surface area contributed by atoms with Crippen molar-refractivity contribution in [2.24, 2.45) is 5.92 Å². The lowest BCUT2D eigenvalue weighted by Gasteiger charge is -2.26. The standard InChI is InChI=1S/C21H26O/c1-15-3-6-18(7-4-15)19-8-10-20(11-9-19)21-12-5-17(14-22)13-16(21)2/h5,8-13,15,18,22H,3-4,6-7,14H2,1-2H3. The molecule has 1 nitrogen and oxygen atoms in total. The molecule has 1 saturated carbocycles. The Morgan fingerprint density at radius 2 is 1.64 bits per heavy atom. The number of aliphatic hydroxyl groups excluding tert-OH is 1. The quantitative estimate of drug-likeness (QED) is 0.798. The zero-order chi connectivity index (χ0) is 15.5. The fourth-order valence-corrected chi connectivity index (χ4v) is 3.68. The van der Waals surface area contributed by atoms with Gasteiger partial charge in [0.25, 0.3) is 0 Å². The molecule has 0 spiro atoms. The molecule has 0 atom stereocenters. The van der Waals surface area contributed by atoms with E-state index >= 15 is 0 Å². The summed E-state index contributed by atoms with van der Waals surface area (Å²) in [7, 11) is 0. The molecule has 1 aliphatic carbocycles. The Labute approximate surface area is 134 Å². The van der Waals surface area contributed by atoms with E-state index in [0.29, 0.717) is 0 Å². The zero-order valence-electron chi connectivity index (χ0n) is 13.7. The summed E-state index contributed by atoms with van der Waals surface area (Å²) >= 11 is 0. The van der Waals surface area contributed by atoms with Crippen molar-refractivity contribution in [3.05, 3.63) is 59.2 Å². The fourth-order valence-electron chi connectivity index (χ4n) is 3.68. The predicted octanol–water partition coefficient (Wildman–Crippen LogP) is 5.45. The summed E-state index contributed by atoms with van der Waals surface area (Å²) < 4.78 is 0. The van der Waals surface area contributed by atoms with Crippen molar-refractivity contribution in [2.75, 3.05) is 0 Å². The first kappa shape index (κ1) is 15.3. The van der Waals surface area contributed by atoms with Gasteiger partial charge in [-0.05, 0) is 59.4 Å². The smallest absolute Gasteiger partial charge is 0.0681 e. The highest BCUT2D eigenvalue weighted by atomic mass is 16.3. The molecule has 2 aromatic rings. The molecule has 2 aromatic carbocycles. The van der Waals surface area contributed by atoms with Crippen LogP contribution in [0.3, 0.4) is 0 Å². The first-order valence-corrected chi connectivity index (χ1v) is 8.48. The van der Waals surface area contributed by atoms with Gasteiger partial charge in [-0.15, -0.1) is 0 Å². The van der Waals surface area contributed by atoms with E-state index in [4.69, 9.17) is 0 Å². The lowest BCUT2D eigenvalue weighted by atomic mass is 9.79. The van der Waals surface area contributed by atoms with E-state index in [2.05, 4.69) is 50.2 Å². The van der Waals surface area contributed by atoms with Crippen LogP contribution in [-0.2, 0) is 6.61 Å². The monoisotopic (exact) mass is 294 g/mol. The normalized spacial score (nSPS) is 21.8. The third-order valence-electron chi connectivity index (χ3n) is 5.18. The van der Waals surface area contributed by atoms with Crippen LogP contribution in [-0.4, -0.2) is 5.11 Å². The second kappa shape index (κ2) is 6.66. The lowest BCUT2D eigenvalue weighted by Crippen LogP contribution is -2.10. The first-order chi connectivity index (χ1) is 10.7. The van der Waals surface area contributed by atoms with E-state index in [9.17, 15) is 5.11 Å². The van der Waals surface area contributed by atoms with Crippen LogP contribution in [0, 0.1) is 12.8 Å². The van der Waals surface area contributed by atoms with E-state index in [0.717, 1.165) is 17.4 Å². The third-order valence-corrected chi connectivity index (χ3v) is 5.18. The molecule has 0 unspecified atom stereocenters. The molecule has 0 bridgehead atoms. The highest BCUT2D eigenvalue weighted by molar-refractivity contribution is 5.67. The Morgan fingerprint density at radius 1 is 0.955 bits per heavy atom. The Bertz CT molecular complexity index is 619. The van der Waals surface area contributed by atoms with E-state index in [1.54, 1.807) is 0 Å². The van der Waals surface area contributed by atoms with Crippen LogP contribution in [0.2, 0.25) is 0 Å². The average Bonchev–Trinajstić information content (AvgIpc) is 2.56. The molecule has 0 aliphatic heterocycles. The van der Waals surface area contributed by atoms with Gasteiger partial charge < -0.3 is 5.11 Å². The van der Waals surface area contributed by atoms with Crippen molar-refractivity contribution in [3.63, 3.8) is 0 Å². The second-order valence-electron chi connectivity index (χ2n) is 6.89. The van der Waals surface area contributed by atoms with Gasteiger partial charge in [-0.25, -0.2) is 0 Å². The Balaban J connectivity index is 1.79. The van der Waals surface area contributed by atoms with E-state index < -0.39 is 0 Å². The van der Waals surface area contributed by atoms with Crippen LogP contribution in [0.1, 0.15) is 55.2 Å². The minimum absolute atomic E-state index is 0.111. The largest absolute Gasteiger partial charge is 0.392 e. The third kappa shape index (κ3) is 3.25. The molecule has 3 rings (SSSR count). The first-order valence-electron chi connectivity index (χ1n) is 8.48. The second-order valence-corrected chi connectivity index (χ2v) is 6.89. The van der Waals surface area contributed by atoms with Gasteiger partial charge in [-0.1, -0.05) is 62.2 Å². The van der Waals surface area contributed by atoms with Crippen molar-refractivity contribution >= 4 is 0 Å². The minimum atomic E-state index is 0.111. The number of rotatable bonds is 3. The fraction of sp³-hybridized carbons (Fsp3) is 0.429. The maximum Gasteiger partial charge on any atom is 0.0681 e. The summed E-state index contributed by atoms with van der Waals surface area (Å²) in [6.07, 6.45) is 5.41. The van der Waals surface area contributed by atoms with Crippen LogP contribution < -0.4 is 0 Å². The van der Waals surface area contributed by atoms with Crippen molar-refractivity contribution in [1.82, 2.24) is 0 Å². The summed E-state index contributed by atoms with van der Waals surface area (Å²) in [6, 6.07) is 15.4. The van der Waals surface area contributed by atoms with Crippen molar-refractivity contribution in [3.8, 4) is 11.1 Å². The van der Waals surface area contributed by atoms with Gasteiger partial charge in [0.1, 0.15) is 0 Å². The van der Waals surface area contributed by atoms with Gasteiger partial charge >= 0.3 is 0 Å². The van der Waals surface area contributed by atoms with E-state index in [1.165, 1.54) is 47.9 Å². The van der Waals surface area contributed by atoms with Gasteiger partial charge in [-0.2, -0.15) is 0 Å². The topological polar surface area (TPSA) is 20.2 Å². The summed E-state index contributed by atoms with van der Waals surface area (Å²) in [6.45, 7) is 4.60. The molecule has 0 radical (unpaired) electrons. The van der Waals surface area contributed by atoms with Crippen molar-refractivity contribution in [1.29, 1.82) is 0 Å². The maximum atomic E-state index is 9.22. The predicted molar refractivity (Wildman–Crippen MR) is 92.9 cm³/mol. The Kier molecular flexibility index (Phi) is 4.63. The molecule has 1 fully saturated rings. The SMILES string of the molecule is Cc1cc(CO)ccc1-c1ccc(C2CCC(C)CC2)cc1. The van der Waals surface area contributed by atoms with Crippen LogP contribution in [0.4, 0.5) is 0 Å². The number of aliphatic hydroxyl groups is 1. The maximum absolute atomic E-state index is 9.22. The average molecular weight is 294 g/mol. The molecule has 0 aromatic heterocycles. The van der Waals surface area contributed by atoms with Gasteiger partial charge in [0.15, 0.2) is 0 Å². The zero-order valence-corrected chi connectivity index (χ0v) is 13.7. The summed E-state index contributed by atoms with van der Waals surface area (Å²) in [5, 5.41) is 9.22. The number of aryl methyl sites for hydroxylation is 1. The molecule has 0 saturated heterocycles. The van der Waals surface area contributed by atoms with Crippen molar-refractivity contribution in [2.45, 2.75) is 52.1 Å². The van der Waals surface area contributed by atoms with E-state index in [-0.39, 0.29) is 6.61 Å². The van der Waals surface area contributed by atoms with Crippen LogP contribution in [0.25, 0.3) is 11.1 Å². The van der Waals surface area contributed by atoms with Crippen LogP contribution in [0.15, 0.2) is 42.5 Å².